The Morgan fingerprint density at radius 3 is 2.26 bits per heavy atom. The number of benzene rings is 1. The fraction of sp³-hybridized carbons (Fsp3) is 0.333. The molecular weight excluding hydrogens is 276 g/mol. The lowest BCUT2D eigenvalue weighted by Gasteiger charge is -2.07. The van der Waals surface area contributed by atoms with Crippen LogP contribution in [0.4, 0.5) is 0 Å². The number of hydrogen-bond donors (Lipinski definition) is 0. The van der Waals surface area contributed by atoms with Gasteiger partial charge in [-0.3, -0.25) is 0 Å². The number of rotatable bonds is 3. The number of allylic oxidation sites excluding steroid dienone is 1. The first-order valence-corrected chi connectivity index (χ1v) is 8.55. The molecule has 0 saturated heterocycles. The van der Waals surface area contributed by atoms with E-state index in [0.717, 1.165) is 0 Å². The third kappa shape index (κ3) is 4.77. The van der Waals surface area contributed by atoms with Gasteiger partial charge in [-0.05, 0) is 39.2 Å². The lowest BCUT2D eigenvalue weighted by molar-refractivity contribution is 0.571. The van der Waals surface area contributed by atoms with Gasteiger partial charge >= 0.3 is 0 Å². The number of sulfone groups is 1. The van der Waals surface area contributed by atoms with E-state index < -0.39 is 9.84 Å². The normalized spacial score (nSPS) is 12.7. The van der Waals surface area contributed by atoms with E-state index in [-0.39, 0.29) is 9.65 Å². The van der Waals surface area contributed by atoms with Crippen LogP contribution in [0.3, 0.4) is 0 Å². The van der Waals surface area contributed by atoms with Crippen molar-refractivity contribution in [2.45, 2.75) is 25.7 Å². The van der Waals surface area contributed by atoms with Crippen LogP contribution in [0, 0.1) is 17.3 Å². The molecule has 1 rings (SSSR count). The van der Waals surface area contributed by atoms with Gasteiger partial charge in [0.05, 0.1) is 4.90 Å². The van der Waals surface area contributed by atoms with Crippen molar-refractivity contribution in [3.8, 4) is 11.8 Å². The molecule has 0 saturated carbocycles. The van der Waals surface area contributed by atoms with Crippen molar-refractivity contribution in [3.05, 3.63) is 40.6 Å². The van der Waals surface area contributed by atoms with Gasteiger partial charge in [0.25, 0.3) is 0 Å². The molecule has 4 heteroatoms. The molecule has 0 heterocycles. The first-order valence-electron chi connectivity index (χ1n) is 5.84. The van der Waals surface area contributed by atoms with E-state index in [2.05, 4.69) is 11.8 Å². The van der Waals surface area contributed by atoms with E-state index in [1.807, 2.05) is 20.8 Å². The molecule has 102 valence electrons. The monoisotopic (exact) mass is 294 g/mol. The SMILES string of the molecule is CS/C(=C/C#CC(C)(C)C)S(=O)(=O)c1ccccc1. The molecule has 0 aromatic heterocycles. The zero-order valence-electron chi connectivity index (χ0n) is 11.6. The molecular formula is C15H18O2S2. The molecule has 2 nitrogen and oxygen atoms in total. The van der Waals surface area contributed by atoms with Crippen molar-refractivity contribution in [1.82, 2.24) is 0 Å². The molecule has 0 fully saturated rings. The highest BCUT2D eigenvalue weighted by atomic mass is 32.3. The second kappa shape index (κ2) is 6.31. The Kier molecular flexibility index (Phi) is 5.28. The molecule has 0 aliphatic heterocycles. The van der Waals surface area contributed by atoms with Gasteiger partial charge in [0.2, 0.25) is 9.84 Å². The van der Waals surface area contributed by atoms with Gasteiger partial charge in [-0.1, -0.05) is 30.0 Å². The minimum Gasteiger partial charge on any atom is -0.218 e. The topological polar surface area (TPSA) is 34.1 Å². The molecule has 0 bridgehead atoms. The maximum absolute atomic E-state index is 12.4. The zero-order valence-corrected chi connectivity index (χ0v) is 13.2. The van der Waals surface area contributed by atoms with E-state index in [4.69, 9.17) is 0 Å². The summed E-state index contributed by atoms with van der Waals surface area (Å²) in [7, 11) is -3.45. The molecule has 0 spiro atoms. The molecule has 0 atom stereocenters. The van der Waals surface area contributed by atoms with Crippen LogP contribution in [-0.4, -0.2) is 14.7 Å². The third-order valence-electron chi connectivity index (χ3n) is 2.16. The molecule has 19 heavy (non-hydrogen) atoms. The van der Waals surface area contributed by atoms with Crippen molar-refractivity contribution in [1.29, 1.82) is 0 Å². The first kappa shape index (κ1) is 15.9. The maximum atomic E-state index is 12.4. The summed E-state index contributed by atoms with van der Waals surface area (Å²) < 4.78 is 25.0. The van der Waals surface area contributed by atoms with Crippen molar-refractivity contribution < 1.29 is 8.42 Å². The predicted octanol–water partition coefficient (Wildman–Crippen LogP) is 3.71. The molecule has 0 amide bonds. The highest BCUT2D eigenvalue weighted by Gasteiger charge is 2.19. The Morgan fingerprint density at radius 1 is 1.21 bits per heavy atom. The van der Waals surface area contributed by atoms with Crippen LogP contribution in [0.1, 0.15) is 20.8 Å². The summed E-state index contributed by atoms with van der Waals surface area (Å²) >= 11 is 1.19. The molecule has 1 aromatic carbocycles. The second-order valence-electron chi connectivity index (χ2n) is 5.00. The van der Waals surface area contributed by atoms with E-state index >= 15 is 0 Å². The van der Waals surface area contributed by atoms with Crippen LogP contribution in [0.2, 0.25) is 0 Å². The van der Waals surface area contributed by atoms with Crippen molar-refractivity contribution in [2.75, 3.05) is 6.26 Å². The maximum Gasteiger partial charge on any atom is 0.213 e. The van der Waals surface area contributed by atoms with E-state index in [0.29, 0.717) is 4.90 Å². The molecule has 0 radical (unpaired) electrons. The van der Waals surface area contributed by atoms with Crippen LogP contribution in [0.25, 0.3) is 0 Å². The summed E-state index contributed by atoms with van der Waals surface area (Å²) in [6, 6.07) is 8.41. The quantitative estimate of drug-likeness (QED) is 0.797. The smallest absolute Gasteiger partial charge is 0.213 e. The van der Waals surface area contributed by atoms with E-state index in [9.17, 15) is 8.42 Å². The van der Waals surface area contributed by atoms with Crippen LogP contribution in [0.15, 0.2) is 45.5 Å². The van der Waals surface area contributed by atoms with E-state index in [1.165, 1.54) is 17.8 Å². The number of thioether (sulfide) groups is 1. The van der Waals surface area contributed by atoms with Crippen LogP contribution >= 0.6 is 11.8 Å². The van der Waals surface area contributed by atoms with Crippen LogP contribution < -0.4 is 0 Å². The fourth-order valence-electron chi connectivity index (χ4n) is 1.27. The Morgan fingerprint density at radius 2 is 1.79 bits per heavy atom. The molecule has 0 N–H and O–H groups in total. The first-order chi connectivity index (χ1) is 8.77. The summed E-state index contributed by atoms with van der Waals surface area (Å²) in [5.41, 5.74) is -0.142. The Bertz CT molecular complexity index is 610. The highest BCUT2D eigenvalue weighted by Crippen LogP contribution is 2.26. The summed E-state index contributed by atoms with van der Waals surface area (Å²) in [6.07, 6.45) is 3.23. The summed E-state index contributed by atoms with van der Waals surface area (Å²) in [4.78, 5) is 0.299. The largest absolute Gasteiger partial charge is 0.218 e. The van der Waals surface area contributed by atoms with Crippen molar-refractivity contribution in [2.24, 2.45) is 5.41 Å². The van der Waals surface area contributed by atoms with Gasteiger partial charge in [0.15, 0.2) is 0 Å². The van der Waals surface area contributed by atoms with E-state index in [1.54, 1.807) is 36.6 Å². The summed E-state index contributed by atoms with van der Waals surface area (Å²) in [5, 5.41) is 0. The molecule has 0 aliphatic carbocycles. The molecule has 0 aliphatic rings. The lowest BCUT2D eigenvalue weighted by atomic mass is 9.98. The average molecular weight is 294 g/mol. The standard InChI is InChI=1S/C15H18O2S2/c1-15(2,3)12-8-11-14(18-4)19(16,17)13-9-6-5-7-10-13/h5-7,9-11H,1-4H3/b14-11-. The zero-order chi connectivity index (χ0) is 14.5. The van der Waals surface area contributed by atoms with Crippen molar-refractivity contribution in [3.63, 3.8) is 0 Å². The number of hydrogen-bond acceptors (Lipinski definition) is 3. The Balaban J connectivity index is 3.17. The van der Waals surface area contributed by atoms with Crippen molar-refractivity contribution >= 4 is 21.6 Å². The minimum atomic E-state index is -3.45. The summed E-state index contributed by atoms with van der Waals surface area (Å²) in [5.74, 6) is 5.85. The van der Waals surface area contributed by atoms with Gasteiger partial charge < -0.3 is 0 Å². The van der Waals surface area contributed by atoms with Gasteiger partial charge in [-0.2, -0.15) is 0 Å². The minimum absolute atomic E-state index is 0.142. The van der Waals surface area contributed by atoms with Gasteiger partial charge in [-0.15, -0.1) is 11.8 Å². The molecule has 0 unspecified atom stereocenters. The highest BCUT2D eigenvalue weighted by molar-refractivity contribution is 8.18. The van der Waals surface area contributed by atoms with Gasteiger partial charge in [-0.25, -0.2) is 8.42 Å². The second-order valence-corrected chi connectivity index (χ2v) is 8.03. The van der Waals surface area contributed by atoms with Gasteiger partial charge in [0, 0.05) is 11.5 Å². The predicted molar refractivity (Wildman–Crippen MR) is 82.5 cm³/mol. The Labute approximate surface area is 120 Å². The Hall–Kier alpha value is -1.18. The van der Waals surface area contributed by atoms with Crippen LogP contribution in [0.5, 0.6) is 0 Å². The lowest BCUT2D eigenvalue weighted by Crippen LogP contribution is -2.02. The van der Waals surface area contributed by atoms with Crippen LogP contribution in [-0.2, 0) is 9.84 Å². The fourth-order valence-corrected chi connectivity index (χ4v) is 3.58. The average Bonchev–Trinajstić information content (AvgIpc) is 2.34. The molecule has 1 aromatic rings. The summed E-state index contributed by atoms with van der Waals surface area (Å²) in [6.45, 7) is 5.95. The van der Waals surface area contributed by atoms with Gasteiger partial charge in [0.1, 0.15) is 4.24 Å². The third-order valence-corrected chi connectivity index (χ3v) is 5.38.